The normalized spacial score (nSPS) is 11.8. The van der Waals surface area contributed by atoms with Gasteiger partial charge in [-0.25, -0.2) is 0 Å². The van der Waals surface area contributed by atoms with Crippen LogP contribution in [-0.2, 0) is 28.6 Å². The standard InChI is InChI=1S/C50H96O6/c1-4-7-10-13-16-18-20-22-24-26-27-29-31-34-37-40-43-49(52)55-46-47(45-54-48(51)42-39-36-33-15-12-9-6-3)56-50(53)44-41-38-35-32-30-28-25-23-21-19-17-14-11-8-5-2/h47H,4-46H2,1-3H3/t47-/m0/s1. The molecule has 0 aliphatic rings. The lowest BCUT2D eigenvalue weighted by Gasteiger charge is -2.18. The van der Waals surface area contributed by atoms with Gasteiger partial charge in [0.15, 0.2) is 6.10 Å². The number of unbranched alkanes of at least 4 members (excludes halogenated alkanes) is 35. The van der Waals surface area contributed by atoms with E-state index in [2.05, 4.69) is 20.8 Å². The maximum Gasteiger partial charge on any atom is 0.306 e. The molecule has 0 radical (unpaired) electrons. The topological polar surface area (TPSA) is 78.9 Å². The summed E-state index contributed by atoms with van der Waals surface area (Å²) in [6, 6.07) is 0. The van der Waals surface area contributed by atoms with Gasteiger partial charge < -0.3 is 14.2 Å². The largest absolute Gasteiger partial charge is 0.462 e. The number of ether oxygens (including phenoxy) is 3. The van der Waals surface area contributed by atoms with E-state index in [-0.39, 0.29) is 31.1 Å². The summed E-state index contributed by atoms with van der Waals surface area (Å²) in [5.41, 5.74) is 0. The molecule has 6 heteroatoms. The van der Waals surface area contributed by atoms with Gasteiger partial charge in [-0.15, -0.1) is 0 Å². The summed E-state index contributed by atoms with van der Waals surface area (Å²) in [6.07, 6.45) is 48.1. The molecule has 0 fully saturated rings. The minimum atomic E-state index is -0.758. The number of hydrogen-bond donors (Lipinski definition) is 0. The Bertz CT molecular complexity index is 828. The smallest absolute Gasteiger partial charge is 0.306 e. The van der Waals surface area contributed by atoms with Gasteiger partial charge in [0.25, 0.3) is 0 Å². The van der Waals surface area contributed by atoms with Crippen LogP contribution in [0.4, 0.5) is 0 Å². The molecule has 0 aromatic rings. The van der Waals surface area contributed by atoms with Crippen molar-refractivity contribution in [1.29, 1.82) is 0 Å². The summed E-state index contributed by atoms with van der Waals surface area (Å²) in [7, 11) is 0. The van der Waals surface area contributed by atoms with Crippen LogP contribution in [0.3, 0.4) is 0 Å². The summed E-state index contributed by atoms with van der Waals surface area (Å²) in [6.45, 7) is 6.64. The maximum absolute atomic E-state index is 12.7. The molecule has 0 heterocycles. The van der Waals surface area contributed by atoms with E-state index in [1.165, 1.54) is 186 Å². The van der Waals surface area contributed by atoms with Gasteiger partial charge in [0.1, 0.15) is 13.2 Å². The third-order valence-corrected chi connectivity index (χ3v) is 11.4. The highest BCUT2D eigenvalue weighted by atomic mass is 16.6. The van der Waals surface area contributed by atoms with Crippen molar-refractivity contribution in [3.63, 3.8) is 0 Å². The molecular weight excluding hydrogens is 697 g/mol. The predicted octanol–water partition coefficient (Wildman–Crippen LogP) is 16.0. The Morgan fingerprint density at radius 1 is 0.286 bits per heavy atom. The van der Waals surface area contributed by atoms with Crippen molar-refractivity contribution in [2.24, 2.45) is 0 Å². The molecule has 0 aromatic carbocycles. The third kappa shape index (κ3) is 43.5. The fourth-order valence-electron chi connectivity index (χ4n) is 7.56. The second-order valence-corrected chi connectivity index (χ2v) is 17.1. The average Bonchev–Trinajstić information content (AvgIpc) is 3.19. The Hall–Kier alpha value is -1.59. The molecule has 0 aliphatic carbocycles. The first-order valence-corrected chi connectivity index (χ1v) is 25.0. The Labute approximate surface area is 348 Å². The van der Waals surface area contributed by atoms with Gasteiger partial charge in [-0.1, -0.05) is 245 Å². The van der Waals surface area contributed by atoms with E-state index < -0.39 is 6.10 Å². The molecule has 0 saturated heterocycles. The van der Waals surface area contributed by atoms with Crippen molar-refractivity contribution in [3.8, 4) is 0 Å². The Morgan fingerprint density at radius 3 is 0.714 bits per heavy atom. The molecule has 332 valence electrons. The molecule has 0 amide bonds. The van der Waals surface area contributed by atoms with E-state index in [0.717, 1.165) is 57.8 Å². The van der Waals surface area contributed by atoms with Crippen LogP contribution in [0.2, 0.25) is 0 Å². The van der Waals surface area contributed by atoms with Crippen molar-refractivity contribution < 1.29 is 28.6 Å². The molecular formula is C50H96O6. The number of esters is 3. The van der Waals surface area contributed by atoms with Crippen LogP contribution in [0.1, 0.15) is 284 Å². The summed E-state index contributed by atoms with van der Waals surface area (Å²) in [4.78, 5) is 37.7. The lowest BCUT2D eigenvalue weighted by Crippen LogP contribution is -2.30. The van der Waals surface area contributed by atoms with E-state index in [0.29, 0.717) is 19.3 Å². The third-order valence-electron chi connectivity index (χ3n) is 11.4. The van der Waals surface area contributed by atoms with Crippen molar-refractivity contribution in [2.75, 3.05) is 13.2 Å². The number of carbonyl (C=O) groups excluding carboxylic acids is 3. The van der Waals surface area contributed by atoms with E-state index in [4.69, 9.17) is 14.2 Å². The van der Waals surface area contributed by atoms with Crippen LogP contribution in [0.5, 0.6) is 0 Å². The Balaban J connectivity index is 4.21. The zero-order valence-corrected chi connectivity index (χ0v) is 37.9. The highest BCUT2D eigenvalue weighted by molar-refractivity contribution is 5.71. The molecule has 0 bridgehead atoms. The fourth-order valence-corrected chi connectivity index (χ4v) is 7.56. The second kappa shape index (κ2) is 46.1. The number of rotatable bonds is 46. The van der Waals surface area contributed by atoms with Crippen LogP contribution >= 0.6 is 0 Å². The first-order chi connectivity index (χ1) is 27.5. The predicted molar refractivity (Wildman–Crippen MR) is 238 cm³/mol. The number of hydrogen-bond acceptors (Lipinski definition) is 6. The minimum absolute atomic E-state index is 0.0625. The van der Waals surface area contributed by atoms with E-state index in [1.54, 1.807) is 0 Å². The molecule has 0 saturated carbocycles. The van der Waals surface area contributed by atoms with Gasteiger partial charge in [0, 0.05) is 19.3 Å². The van der Waals surface area contributed by atoms with E-state index >= 15 is 0 Å². The van der Waals surface area contributed by atoms with E-state index in [1.807, 2.05) is 0 Å². The van der Waals surface area contributed by atoms with Crippen molar-refractivity contribution >= 4 is 17.9 Å². The fraction of sp³-hybridized carbons (Fsp3) is 0.940. The molecule has 56 heavy (non-hydrogen) atoms. The molecule has 1 atom stereocenters. The molecule has 6 nitrogen and oxygen atoms in total. The summed E-state index contributed by atoms with van der Waals surface area (Å²) in [5.74, 6) is -0.851. The molecule has 0 N–H and O–H groups in total. The van der Waals surface area contributed by atoms with Gasteiger partial charge in [0.05, 0.1) is 0 Å². The Kier molecular flexibility index (Phi) is 44.8. The van der Waals surface area contributed by atoms with E-state index in [9.17, 15) is 14.4 Å². The Morgan fingerprint density at radius 2 is 0.482 bits per heavy atom. The summed E-state index contributed by atoms with van der Waals surface area (Å²) < 4.78 is 16.7. The number of carbonyl (C=O) groups is 3. The van der Waals surface area contributed by atoms with Gasteiger partial charge in [-0.2, -0.15) is 0 Å². The second-order valence-electron chi connectivity index (χ2n) is 17.1. The molecule has 0 rings (SSSR count). The van der Waals surface area contributed by atoms with Gasteiger partial charge >= 0.3 is 17.9 Å². The molecule has 0 aromatic heterocycles. The first kappa shape index (κ1) is 54.4. The minimum Gasteiger partial charge on any atom is -0.462 e. The van der Waals surface area contributed by atoms with Crippen molar-refractivity contribution in [2.45, 2.75) is 290 Å². The van der Waals surface area contributed by atoms with Crippen LogP contribution in [-0.4, -0.2) is 37.2 Å². The van der Waals surface area contributed by atoms with Crippen LogP contribution in [0.25, 0.3) is 0 Å². The molecule has 0 spiro atoms. The average molecular weight is 793 g/mol. The van der Waals surface area contributed by atoms with Crippen molar-refractivity contribution in [1.82, 2.24) is 0 Å². The SMILES string of the molecule is CCCCCCCCCCCCCCCCCCC(=O)OC[C@H](COC(=O)CCCCCCCCC)OC(=O)CCCCCCCCCCCCCCCCC. The van der Waals surface area contributed by atoms with Crippen LogP contribution < -0.4 is 0 Å². The highest BCUT2D eigenvalue weighted by Crippen LogP contribution is 2.16. The lowest BCUT2D eigenvalue weighted by atomic mass is 10.0. The summed E-state index contributed by atoms with van der Waals surface area (Å²) in [5, 5.41) is 0. The maximum atomic E-state index is 12.7. The zero-order chi connectivity index (χ0) is 40.8. The molecule has 0 aliphatic heterocycles. The molecule has 0 unspecified atom stereocenters. The summed E-state index contributed by atoms with van der Waals surface area (Å²) >= 11 is 0. The van der Waals surface area contributed by atoms with Gasteiger partial charge in [0.2, 0.25) is 0 Å². The van der Waals surface area contributed by atoms with Crippen LogP contribution in [0, 0.1) is 0 Å². The zero-order valence-electron chi connectivity index (χ0n) is 37.9. The monoisotopic (exact) mass is 793 g/mol. The van der Waals surface area contributed by atoms with Crippen LogP contribution in [0.15, 0.2) is 0 Å². The lowest BCUT2D eigenvalue weighted by molar-refractivity contribution is -0.167. The van der Waals surface area contributed by atoms with Crippen molar-refractivity contribution in [3.05, 3.63) is 0 Å². The first-order valence-electron chi connectivity index (χ1n) is 25.0. The highest BCUT2D eigenvalue weighted by Gasteiger charge is 2.19. The van der Waals surface area contributed by atoms with Gasteiger partial charge in [-0.3, -0.25) is 14.4 Å². The quantitative estimate of drug-likeness (QED) is 0.0347. The van der Waals surface area contributed by atoms with Gasteiger partial charge in [-0.05, 0) is 19.3 Å².